The molecule has 1 aromatic heterocycles. The van der Waals surface area contributed by atoms with Crippen LogP contribution in [0.3, 0.4) is 0 Å². The van der Waals surface area contributed by atoms with Crippen molar-refractivity contribution in [3.05, 3.63) is 53.9 Å². The van der Waals surface area contributed by atoms with E-state index in [1.807, 2.05) is 0 Å². The molecular weight excluding hydrogens is 488 g/mol. The summed E-state index contributed by atoms with van der Waals surface area (Å²) in [6.07, 6.45) is -1.11. The van der Waals surface area contributed by atoms with Crippen molar-refractivity contribution in [3.63, 3.8) is 0 Å². The van der Waals surface area contributed by atoms with Crippen LogP contribution in [0, 0.1) is 11.7 Å². The van der Waals surface area contributed by atoms with Crippen molar-refractivity contribution >= 4 is 15.9 Å². The van der Waals surface area contributed by atoms with E-state index < -0.39 is 39.9 Å². The number of sulfonamides is 1. The minimum atomic E-state index is -4.18. The second-order valence-corrected chi connectivity index (χ2v) is 10.9. The first-order valence-corrected chi connectivity index (χ1v) is 12.9. The number of nitrogens with zero attached hydrogens (tertiary/aromatic N) is 3. The first kappa shape index (κ1) is 25.5. The molecule has 12 heteroatoms. The Bertz CT molecular complexity index is 1150. The Morgan fingerprint density at radius 3 is 2.40 bits per heavy atom. The number of carbonyl (C=O) groups excluding carboxylic acids is 1. The molecule has 35 heavy (non-hydrogen) atoms. The van der Waals surface area contributed by atoms with Crippen molar-refractivity contribution in [3.8, 4) is 0 Å². The van der Waals surface area contributed by atoms with Gasteiger partial charge in [0.1, 0.15) is 18.2 Å². The number of benzene rings is 1. The van der Waals surface area contributed by atoms with Crippen molar-refractivity contribution in [2.45, 2.75) is 68.1 Å². The molecule has 0 spiro atoms. The summed E-state index contributed by atoms with van der Waals surface area (Å²) in [6.45, 7) is 0.212. The van der Waals surface area contributed by atoms with Gasteiger partial charge in [0.25, 0.3) is 0 Å². The molecule has 0 radical (unpaired) electrons. The van der Waals surface area contributed by atoms with Gasteiger partial charge >= 0.3 is 6.18 Å². The number of hydrogen-bond acceptors (Lipinski definition) is 5. The molecular formula is C23H26F4N4O3S. The van der Waals surface area contributed by atoms with E-state index in [0.717, 1.165) is 16.4 Å². The zero-order chi connectivity index (χ0) is 25.2. The Morgan fingerprint density at radius 2 is 1.74 bits per heavy atom. The second-order valence-electron chi connectivity index (χ2n) is 8.97. The largest absolute Gasteiger partial charge is 0.391 e. The van der Waals surface area contributed by atoms with E-state index in [1.54, 1.807) is 6.07 Å². The Hall–Kier alpha value is -2.60. The van der Waals surface area contributed by atoms with Gasteiger partial charge in [-0.05, 0) is 68.9 Å². The molecule has 1 saturated carbocycles. The van der Waals surface area contributed by atoms with Crippen molar-refractivity contribution in [2.24, 2.45) is 5.92 Å². The lowest BCUT2D eigenvalue weighted by molar-refractivity contribution is -0.182. The molecule has 1 aromatic carbocycles. The predicted octanol–water partition coefficient (Wildman–Crippen LogP) is 3.92. The van der Waals surface area contributed by atoms with E-state index >= 15 is 0 Å². The van der Waals surface area contributed by atoms with Crippen LogP contribution in [-0.2, 0) is 21.4 Å². The van der Waals surface area contributed by atoms with Crippen LogP contribution < -0.4 is 5.32 Å². The van der Waals surface area contributed by atoms with Crippen LogP contribution in [0.2, 0.25) is 0 Å². The zero-order valence-corrected chi connectivity index (χ0v) is 19.7. The maximum Gasteiger partial charge on any atom is 0.391 e. The molecule has 2 heterocycles. The molecule has 4 rings (SSSR count). The first-order chi connectivity index (χ1) is 16.6. The summed E-state index contributed by atoms with van der Waals surface area (Å²) in [7, 11) is -3.97. The second kappa shape index (κ2) is 10.2. The lowest BCUT2D eigenvalue weighted by Crippen LogP contribution is -2.45. The Balaban J connectivity index is 1.37. The molecule has 0 unspecified atom stereocenters. The van der Waals surface area contributed by atoms with Crippen molar-refractivity contribution in [2.75, 3.05) is 6.54 Å². The van der Waals surface area contributed by atoms with Crippen molar-refractivity contribution in [1.82, 2.24) is 19.6 Å². The molecule has 1 saturated heterocycles. The number of halogens is 4. The SMILES string of the molecule is O=C(NCc1cc([C@H]2CC[C@H](C(F)(F)F)CC2)ncn1)[C@@H]1CCCN1S(=O)(=O)c1ccc(F)cc1. The molecule has 2 aromatic rings. The zero-order valence-electron chi connectivity index (χ0n) is 18.8. The Morgan fingerprint density at radius 1 is 1.06 bits per heavy atom. The molecule has 2 aliphatic rings. The number of nitrogens with one attached hydrogen (secondary N) is 1. The molecule has 190 valence electrons. The number of aromatic nitrogens is 2. The number of amides is 1. The van der Waals surface area contributed by atoms with Crippen molar-refractivity contribution < 1.29 is 30.8 Å². The van der Waals surface area contributed by atoms with Gasteiger partial charge in [0.15, 0.2) is 0 Å². The van der Waals surface area contributed by atoms with Crippen LogP contribution in [0.4, 0.5) is 17.6 Å². The lowest BCUT2D eigenvalue weighted by Gasteiger charge is -2.29. The quantitative estimate of drug-likeness (QED) is 0.590. The highest BCUT2D eigenvalue weighted by molar-refractivity contribution is 7.89. The fourth-order valence-corrected chi connectivity index (χ4v) is 6.44. The molecule has 1 aliphatic carbocycles. The molecule has 1 atom stereocenters. The molecule has 7 nitrogen and oxygen atoms in total. The average molecular weight is 515 g/mol. The first-order valence-electron chi connectivity index (χ1n) is 11.5. The summed E-state index contributed by atoms with van der Waals surface area (Å²) in [6, 6.07) is 5.23. The summed E-state index contributed by atoms with van der Waals surface area (Å²) in [5, 5.41) is 2.72. The highest BCUT2D eigenvalue weighted by Gasteiger charge is 2.42. The van der Waals surface area contributed by atoms with Crippen LogP contribution in [0.1, 0.15) is 55.8 Å². The van der Waals surface area contributed by atoms with E-state index in [9.17, 15) is 30.8 Å². The van der Waals surface area contributed by atoms with Gasteiger partial charge in [-0.15, -0.1) is 0 Å². The molecule has 2 fully saturated rings. The molecule has 1 N–H and O–H groups in total. The van der Waals surface area contributed by atoms with Crippen LogP contribution in [0.15, 0.2) is 41.6 Å². The minimum absolute atomic E-state index is 0.0349. The van der Waals surface area contributed by atoms with Crippen LogP contribution in [-0.4, -0.2) is 47.4 Å². The number of alkyl halides is 3. The summed E-state index contributed by atoms with van der Waals surface area (Å²) in [5.41, 5.74) is 1.14. The minimum Gasteiger partial charge on any atom is -0.349 e. The summed E-state index contributed by atoms with van der Waals surface area (Å²) < 4.78 is 79.1. The number of carbonyl (C=O) groups is 1. The van der Waals surface area contributed by atoms with Gasteiger partial charge in [0.2, 0.25) is 15.9 Å². The van der Waals surface area contributed by atoms with Gasteiger partial charge in [-0.1, -0.05) is 0 Å². The monoisotopic (exact) mass is 514 g/mol. The predicted molar refractivity (Wildman–Crippen MR) is 118 cm³/mol. The van der Waals surface area contributed by atoms with E-state index in [-0.39, 0.29) is 36.7 Å². The normalized spacial score (nSPS) is 23.8. The molecule has 1 amide bonds. The van der Waals surface area contributed by atoms with Crippen LogP contribution >= 0.6 is 0 Å². The third-order valence-electron chi connectivity index (χ3n) is 6.72. The fourth-order valence-electron chi connectivity index (χ4n) is 4.78. The third kappa shape index (κ3) is 5.80. The van der Waals surface area contributed by atoms with E-state index in [0.29, 0.717) is 37.1 Å². The maximum atomic E-state index is 13.2. The number of hydrogen-bond donors (Lipinski definition) is 1. The van der Waals surface area contributed by atoms with Crippen LogP contribution in [0.5, 0.6) is 0 Å². The average Bonchev–Trinajstić information content (AvgIpc) is 3.34. The molecule has 1 aliphatic heterocycles. The summed E-state index contributed by atoms with van der Waals surface area (Å²) in [5.74, 6) is -2.41. The van der Waals surface area contributed by atoms with E-state index in [4.69, 9.17) is 0 Å². The van der Waals surface area contributed by atoms with E-state index in [2.05, 4.69) is 15.3 Å². The number of rotatable bonds is 6. The standard InChI is InChI=1S/C23H26F4N4O3S/c24-17-7-9-19(10-8-17)35(33,34)31-11-1-2-21(31)22(32)28-13-18-12-20(30-14-29-18)15-3-5-16(6-4-15)23(25,26)27/h7-10,12,14-16,21H,1-6,11,13H2,(H,28,32)/t15-,16-,21-/m0/s1. The van der Waals surface area contributed by atoms with Crippen LogP contribution in [0.25, 0.3) is 0 Å². The van der Waals surface area contributed by atoms with Gasteiger partial charge in [0, 0.05) is 18.2 Å². The smallest absolute Gasteiger partial charge is 0.349 e. The summed E-state index contributed by atoms with van der Waals surface area (Å²) in [4.78, 5) is 21.1. The van der Waals surface area contributed by atoms with Gasteiger partial charge in [0.05, 0.1) is 23.1 Å². The molecule has 0 bridgehead atoms. The highest BCUT2D eigenvalue weighted by atomic mass is 32.2. The van der Waals surface area contributed by atoms with Gasteiger partial charge in [-0.2, -0.15) is 17.5 Å². The Kier molecular flexibility index (Phi) is 7.41. The third-order valence-corrected chi connectivity index (χ3v) is 8.65. The highest BCUT2D eigenvalue weighted by Crippen LogP contribution is 2.42. The van der Waals surface area contributed by atoms with Gasteiger partial charge in [-0.3, -0.25) is 4.79 Å². The maximum absolute atomic E-state index is 13.2. The Labute approximate surface area is 201 Å². The topological polar surface area (TPSA) is 92.3 Å². The van der Waals surface area contributed by atoms with Gasteiger partial charge < -0.3 is 5.32 Å². The van der Waals surface area contributed by atoms with Gasteiger partial charge in [-0.25, -0.2) is 22.8 Å². The summed E-state index contributed by atoms with van der Waals surface area (Å²) >= 11 is 0. The van der Waals surface area contributed by atoms with Crippen molar-refractivity contribution in [1.29, 1.82) is 0 Å². The fraction of sp³-hybridized carbons (Fsp3) is 0.522. The lowest BCUT2D eigenvalue weighted by atomic mass is 9.80. The van der Waals surface area contributed by atoms with E-state index in [1.165, 1.54) is 18.5 Å².